The summed E-state index contributed by atoms with van der Waals surface area (Å²) in [6.45, 7) is 0.996. The van der Waals surface area contributed by atoms with Crippen molar-refractivity contribution in [3.8, 4) is 0 Å². The second-order valence-electron chi connectivity index (χ2n) is 3.43. The zero-order valence-corrected chi connectivity index (χ0v) is 9.97. The van der Waals surface area contributed by atoms with Crippen LogP contribution in [-0.4, -0.2) is 42.4 Å². The molecule has 3 N–H and O–H groups in total. The lowest BCUT2D eigenvalue weighted by molar-refractivity contribution is 0.0692. The SMILES string of the molecule is COCCCNC(=O)Nc1cccnc1C(=O)O. The van der Waals surface area contributed by atoms with Gasteiger partial charge in [-0.25, -0.2) is 14.6 Å². The van der Waals surface area contributed by atoms with Crippen LogP contribution < -0.4 is 10.6 Å². The summed E-state index contributed by atoms with van der Waals surface area (Å²) >= 11 is 0. The Labute approximate surface area is 104 Å². The fourth-order valence-electron chi connectivity index (χ4n) is 1.26. The van der Waals surface area contributed by atoms with Gasteiger partial charge in [0.2, 0.25) is 0 Å². The van der Waals surface area contributed by atoms with Gasteiger partial charge in [-0.15, -0.1) is 0 Å². The highest BCUT2D eigenvalue weighted by Gasteiger charge is 2.12. The van der Waals surface area contributed by atoms with Gasteiger partial charge in [0.1, 0.15) is 0 Å². The van der Waals surface area contributed by atoms with Gasteiger partial charge in [0.25, 0.3) is 0 Å². The second-order valence-corrected chi connectivity index (χ2v) is 3.43. The second kappa shape index (κ2) is 7.23. The lowest BCUT2D eigenvalue weighted by Gasteiger charge is -2.08. The Bertz CT molecular complexity index is 423. The Balaban J connectivity index is 2.51. The van der Waals surface area contributed by atoms with Gasteiger partial charge in [-0.2, -0.15) is 0 Å². The van der Waals surface area contributed by atoms with Gasteiger partial charge in [0.15, 0.2) is 5.69 Å². The summed E-state index contributed by atoms with van der Waals surface area (Å²) in [6, 6.07) is 2.56. The number of carboxylic acids is 1. The van der Waals surface area contributed by atoms with Crippen molar-refractivity contribution in [1.29, 1.82) is 0 Å². The molecule has 18 heavy (non-hydrogen) atoms. The van der Waals surface area contributed by atoms with Crippen LogP contribution >= 0.6 is 0 Å². The number of nitrogens with one attached hydrogen (secondary N) is 2. The number of amides is 2. The van der Waals surface area contributed by atoms with Crippen LogP contribution in [0.4, 0.5) is 10.5 Å². The van der Waals surface area contributed by atoms with Gasteiger partial charge < -0.3 is 20.5 Å². The lowest BCUT2D eigenvalue weighted by atomic mass is 10.3. The number of urea groups is 1. The fourth-order valence-corrected chi connectivity index (χ4v) is 1.26. The van der Waals surface area contributed by atoms with Crippen molar-refractivity contribution >= 4 is 17.7 Å². The van der Waals surface area contributed by atoms with E-state index in [9.17, 15) is 9.59 Å². The number of carbonyl (C=O) groups is 2. The maximum Gasteiger partial charge on any atom is 0.356 e. The normalized spacial score (nSPS) is 9.83. The quantitative estimate of drug-likeness (QED) is 0.655. The molecule has 0 fully saturated rings. The van der Waals surface area contributed by atoms with Crippen molar-refractivity contribution in [1.82, 2.24) is 10.3 Å². The average Bonchev–Trinajstić information content (AvgIpc) is 2.35. The van der Waals surface area contributed by atoms with Crippen LogP contribution in [-0.2, 0) is 4.74 Å². The third-order valence-corrected chi connectivity index (χ3v) is 2.07. The molecular weight excluding hydrogens is 238 g/mol. The molecule has 0 saturated heterocycles. The van der Waals surface area contributed by atoms with E-state index in [1.54, 1.807) is 13.2 Å². The molecule has 1 aromatic rings. The molecule has 0 aliphatic heterocycles. The molecule has 0 aromatic carbocycles. The maximum atomic E-state index is 11.5. The number of ether oxygens (including phenoxy) is 1. The van der Waals surface area contributed by atoms with Gasteiger partial charge in [0.05, 0.1) is 5.69 Å². The molecule has 1 heterocycles. The highest BCUT2D eigenvalue weighted by Crippen LogP contribution is 2.11. The lowest BCUT2D eigenvalue weighted by Crippen LogP contribution is -2.30. The number of anilines is 1. The zero-order valence-electron chi connectivity index (χ0n) is 9.97. The molecule has 1 rings (SSSR count). The Hall–Kier alpha value is -2.15. The Morgan fingerprint density at radius 1 is 1.50 bits per heavy atom. The van der Waals surface area contributed by atoms with E-state index in [-0.39, 0.29) is 11.4 Å². The van der Waals surface area contributed by atoms with Gasteiger partial charge in [-0.05, 0) is 18.6 Å². The predicted molar refractivity (Wildman–Crippen MR) is 64.7 cm³/mol. The van der Waals surface area contributed by atoms with Crippen molar-refractivity contribution in [2.45, 2.75) is 6.42 Å². The number of carbonyl (C=O) groups excluding carboxylic acids is 1. The smallest absolute Gasteiger partial charge is 0.356 e. The van der Waals surface area contributed by atoms with E-state index in [1.807, 2.05) is 0 Å². The number of pyridine rings is 1. The molecule has 0 bridgehead atoms. The fraction of sp³-hybridized carbons (Fsp3) is 0.364. The standard InChI is InChI=1S/C11H15N3O4/c1-18-7-3-6-13-11(17)14-8-4-2-5-12-9(8)10(15)16/h2,4-5H,3,6-7H2,1H3,(H,15,16)(H2,13,14,17). The molecule has 0 radical (unpaired) electrons. The van der Waals surface area contributed by atoms with Crippen LogP contribution in [0.3, 0.4) is 0 Å². The minimum Gasteiger partial charge on any atom is -0.476 e. The number of methoxy groups -OCH3 is 1. The maximum absolute atomic E-state index is 11.5. The summed E-state index contributed by atoms with van der Waals surface area (Å²) in [5.74, 6) is -1.19. The minimum absolute atomic E-state index is 0.161. The van der Waals surface area contributed by atoms with Crippen LogP contribution in [0.15, 0.2) is 18.3 Å². The monoisotopic (exact) mass is 253 g/mol. The predicted octanol–water partition coefficient (Wildman–Crippen LogP) is 0.938. The molecule has 7 nitrogen and oxygen atoms in total. The molecule has 0 atom stereocenters. The van der Waals surface area contributed by atoms with Crippen molar-refractivity contribution in [3.63, 3.8) is 0 Å². The third-order valence-electron chi connectivity index (χ3n) is 2.07. The summed E-state index contributed by atoms with van der Waals surface area (Å²) in [7, 11) is 1.58. The molecule has 0 spiro atoms. The van der Waals surface area contributed by atoms with E-state index < -0.39 is 12.0 Å². The molecule has 0 aliphatic carbocycles. The van der Waals surface area contributed by atoms with Crippen LogP contribution in [0.5, 0.6) is 0 Å². The van der Waals surface area contributed by atoms with Gasteiger partial charge in [0, 0.05) is 26.5 Å². The molecule has 0 saturated carbocycles. The van der Waals surface area contributed by atoms with Crippen molar-refractivity contribution in [2.75, 3.05) is 25.6 Å². The number of aromatic carboxylic acids is 1. The summed E-state index contributed by atoms with van der Waals surface area (Å²) in [6.07, 6.45) is 2.04. The van der Waals surface area contributed by atoms with Crippen LogP contribution in [0, 0.1) is 0 Å². The zero-order chi connectivity index (χ0) is 13.4. The van der Waals surface area contributed by atoms with Crippen LogP contribution in [0.2, 0.25) is 0 Å². The first kappa shape index (κ1) is 13.9. The van der Waals surface area contributed by atoms with E-state index in [1.165, 1.54) is 12.3 Å². The van der Waals surface area contributed by atoms with Gasteiger partial charge in [-0.3, -0.25) is 0 Å². The molecule has 1 aromatic heterocycles. The van der Waals surface area contributed by atoms with E-state index >= 15 is 0 Å². The van der Waals surface area contributed by atoms with E-state index in [0.717, 1.165) is 0 Å². The molecule has 2 amide bonds. The Kier molecular flexibility index (Phi) is 5.59. The first-order valence-corrected chi connectivity index (χ1v) is 5.37. The highest BCUT2D eigenvalue weighted by atomic mass is 16.5. The van der Waals surface area contributed by atoms with Crippen molar-refractivity contribution < 1.29 is 19.4 Å². The highest BCUT2D eigenvalue weighted by molar-refractivity contribution is 5.98. The average molecular weight is 253 g/mol. The Morgan fingerprint density at radius 3 is 2.94 bits per heavy atom. The first-order chi connectivity index (χ1) is 8.65. The van der Waals surface area contributed by atoms with E-state index in [0.29, 0.717) is 19.6 Å². The van der Waals surface area contributed by atoms with Crippen LogP contribution in [0.25, 0.3) is 0 Å². The molecule has 0 aliphatic rings. The number of aromatic nitrogens is 1. The van der Waals surface area contributed by atoms with E-state index in [2.05, 4.69) is 15.6 Å². The molecule has 7 heteroatoms. The minimum atomic E-state index is -1.19. The molecular formula is C11H15N3O4. The van der Waals surface area contributed by atoms with Crippen LogP contribution in [0.1, 0.15) is 16.9 Å². The number of hydrogen-bond donors (Lipinski definition) is 3. The number of carboxylic acid groups (broad SMARTS) is 1. The van der Waals surface area contributed by atoms with Gasteiger partial charge >= 0.3 is 12.0 Å². The number of rotatable bonds is 6. The Morgan fingerprint density at radius 2 is 2.28 bits per heavy atom. The van der Waals surface area contributed by atoms with Gasteiger partial charge in [-0.1, -0.05) is 0 Å². The summed E-state index contributed by atoms with van der Waals surface area (Å²) in [5, 5.41) is 13.9. The number of nitrogens with zero attached hydrogens (tertiary/aromatic N) is 1. The summed E-state index contributed by atoms with van der Waals surface area (Å²) in [5.41, 5.74) is -0.0289. The summed E-state index contributed by atoms with van der Waals surface area (Å²) < 4.78 is 4.83. The first-order valence-electron chi connectivity index (χ1n) is 5.37. The number of hydrogen-bond acceptors (Lipinski definition) is 4. The van der Waals surface area contributed by atoms with Crippen molar-refractivity contribution in [3.05, 3.63) is 24.0 Å². The third kappa shape index (κ3) is 4.38. The topological polar surface area (TPSA) is 101 Å². The summed E-state index contributed by atoms with van der Waals surface area (Å²) in [4.78, 5) is 26.0. The molecule has 98 valence electrons. The largest absolute Gasteiger partial charge is 0.476 e. The van der Waals surface area contributed by atoms with E-state index in [4.69, 9.17) is 9.84 Å². The molecule has 0 unspecified atom stereocenters. The van der Waals surface area contributed by atoms with Crippen molar-refractivity contribution in [2.24, 2.45) is 0 Å².